The lowest BCUT2D eigenvalue weighted by molar-refractivity contribution is -0.167. The van der Waals surface area contributed by atoms with E-state index in [9.17, 15) is 14.0 Å². The first-order valence-corrected chi connectivity index (χ1v) is 22.6. The molecule has 7 atom stereocenters. The van der Waals surface area contributed by atoms with Gasteiger partial charge in [-0.15, -0.1) is 0 Å². The lowest BCUT2D eigenvalue weighted by Crippen LogP contribution is -2.55. The number of halogens is 1. The summed E-state index contributed by atoms with van der Waals surface area (Å²) in [5.74, 6) is 0.840. The smallest absolute Gasteiger partial charge is 0.302 e. The average molecular weight is 682 g/mol. The minimum Gasteiger partial charge on any atom is -0.462 e. The standard InChI is InChI=1S/C41H64FNO4Si/c1-28(15-18-37(45)43(27-46-25-26-48(8,9)10)34-14-12-11-13-33(34)42)30-19-23-41(7)32-16-17-35-38(3,4)36(47-29(2)44)21-22-39(35,5)31(32)20-24-40(30,41)6/h11-14,28,30,35-36H,15-27H2,1-10H3/t28-,30-,35+,36+,39-,40-,41+/m1/s1. The first-order chi connectivity index (χ1) is 22.3. The molecular weight excluding hydrogens is 618 g/mol. The molecule has 0 N–H and O–H groups in total. The number of carbonyl (C=O) groups is 2. The number of ether oxygens (including phenoxy) is 2. The second-order valence-electron chi connectivity index (χ2n) is 18.5. The number of allylic oxidation sites excluding steroid dienone is 2. The molecule has 0 spiro atoms. The lowest BCUT2D eigenvalue weighted by atomic mass is 9.43. The van der Waals surface area contributed by atoms with Gasteiger partial charge in [-0.3, -0.25) is 14.5 Å². The highest BCUT2D eigenvalue weighted by molar-refractivity contribution is 6.76. The number of esters is 1. The normalized spacial score (nSPS) is 33.4. The number of anilines is 1. The maximum atomic E-state index is 14.9. The Morgan fingerprint density at radius 2 is 1.69 bits per heavy atom. The minimum atomic E-state index is -1.28. The Balaban J connectivity index is 1.30. The predicted molar refractivity (Wildman–Crippen MR) is 196 cm³/mol. The van der Waals surface area contributed by atoms with Crippen LogP contribution in [0.2, 0.25) is 25.7 Å². The Morgan fingerprint density at radius 1 is 0.979 bits per heavy atom. The molecule has 5 nitrogen and oxygen atoms in total. The monoisotopic (exact) mass is 681 g/mol. The predicted octanol–water partition coefficient (Wildman–Crippen LogP) is 10.6. The number of amides is 1. The van der Waals surface area contributed by atoms with Crippen molar-refractivity contribution in [2.45, 2.75) is 144 Å². The molecule has 48 heavy (non-hydrogen) atoms. The third kappa shape index (κ3) is 6.73. The van der Waals surface area contributed by atoms with Crippen LogP contribution in [0.5, 0.6) is 0 Å². The van der Waals surface area contributed by atoms with Crippen LogP contribution in [0, 0.1) is 45.2 Å². The van der Waals surface area contributed by atoms with Crippen molar-refractivity contribution in [2.24, 2.45) is 39.4 Å². The summed E-state index contributed by atoms with van der Waals surface area (Å²) in [6.45, 7) is 23.8. The molecule has 0 saturated heterocycles. The van der Waals surface area contributed by atoms with Gasteiger partial charge in [0.05, 0.1) is 5.69 Å². The van der Waals surface area contributed by atoms with Gasteiger partial charge in [0.15, 0.2) is 0 Å². The molecule has 0 aliphatic heterocycles. The van der Waals surface area contributed by atoms with Crippen molar-refractivity contribution < 1.29 is 23.5 Å². The quantitative estimate of drug-likeness (QED) is 0.0767. The van der Waals surface area contributed by atoms with E-state index in [1.54, 1.807) is 36.3 Å². The number of rotatable bonds is 11. The maximum absolute atomic E-state index is 14.9. The number of fused-ring (bicyclic) bond motifs is 4. The minimum absolute atomic E-state index is 0.00916. The van der Waals surface area contributed by atoms with E-state index in [-0.39, 0.29) is 52.2 Å². The molecule has 4 aliphatic carbocycles. The van der Waals surface area contributed by atoms with E-state index in [2.05, 4.69) is 61.2 Å². The van der Waals surface area contributed by atoms with Crippen molar-refractivity contribution in [3.8, 4) is 0 Å². The van der Waals surface area contributed by atoms with E-state index < -0.39 is 8.07 Å². The molecule has 0 unspecified atom stereocenters. The van der Waals surface area contributed by atoms with Crippen molar-refractivity contribution in [3.05, 3.63) is 41.2 Å². The van der Waals surface area contributed by atoms with Crippen LogP contribution in [0.4, 0.5) is 10.1 Å². The number of hydrogen-bond acceptors (Lipinski definition) is 4. The SMILES string of the molecule is CC(=O)O[C@H]1CC[C@]2(C)C3=C(CC[C@H]2C1(C)C)[C@]1(C)CC[C@H]([C@H](C)CCC(=O)N(COCC[Si](C)(C)C)c2ccccc2F)[C@@]1(C)CC3. The highest BCUT2D eigenvalue weighted by Gasteiger charge is 2.63. The molecule has 268 valence electrons. The van der Waals surface area contributed by atoms with E-state index in [0.29, 0.717) is 36.5 Å². The van der Waals surface area contributed by atoms with Crippen molar-refractivity contribution >= 4 is 25.6 Å². The van der Waals surface area contributed by atoms with Crippen molar-refractivity contribution in [1.82, 2.24) is 0 Å². The van der Waals surface area contributed by atoms with Gasteiger partial charge in [-0.1, -0.05) is 84.5 Å². The van der Waals surface area contributed by atoms with E-state index >= 15 is 0 Å². The Labute approximate surface area is 291 Å². The zero-order chi connectivity index (χ0) is 35.3. The van der Waals surface area contributed by atoms with Gasteiger partial charge in [0.1, 0.15) is 18.7 Å². The summed E-state index contributed by atoms with van der Waals surface area (Å²) >= 11 is 0. The highest BCUT2D eigenvalue weighted by atomic mass is 28.3. The van der Waals surface area contributed by atoms with Crippen LogP contribution in [-0.2, 0) is 19.1 Å². The molecule has 1 amide bonds. The summed E-state index contributed by atoms with van der Waals surface area (Å²) < 4.78 is 26.8. The Hall–Kier alpha value is -1.99. The number of carbonyl (C=O) groups excluding carboxylic acids is 2. The fourth-order valence-electron chi connectivity index (χ4n) is 11.2. The second kappa shape index (κ2) is 13.6. The zero-order valence-electron chi connectivity index (χ0n) is 31.8. The van der Waals surface area contributed by atoms with Crippen molar-refractivity contribution in [1.29, 1.82) is 0 Å². The van der Waals surface area contributed by atoms with Gasteiger partial charge in [-0.25, -0.2) is 4.39 Å². The summed E-state index contributed by atoms with van der Waals surface area (Å²) in [4.78, 5) is 27.3. The van der Waals surface area contributed by atoms with E-state index in [1.807, 2.05) is 0 Å². The van der Waals surface area contributed by atoms with E-state index in [1.165, 1.54) is 30.2 Å². The molecule has 2 fully saturated rings. The molecule has 5 rings (SSSR count). The fraction of sp³-hybridized carbons (Fsp3) is 0.756. The van der Waals surface area contributed by atoms with Crippen LogP contribution in [0.15, 0.2) is 35.4 Å². The largest absolute Gasteiger partial charge is 0.462 e. The van der Waals surface area contributed by atoms with Gasteiger partial charge >= 0.3 is 5.97 Å². The van der Waals surface area contributed by atoms with Gasteiger partial charge in [-0.05, 0) is 110 Å². The number of benzene rings is 1. The first-order valence-electron chi connectivity index (χ1n) is 18.9. The van der Waals surface area contributed by atoms with E-state index in [4.69, 9.17) is 9.47 Å². The third-order valence-corrected chi connectivity index (χ3v) is 15.9. The number of para-hydroxylation sites is 1. The third-order valence-electron chi connectivity index (χ3n) is 14.2. The van der Waals surface area contributed by atoms with Gasteiger partial charge in [0.2, 0.25) is 5.91 Å². The molecule has 0 heterocycles. The fourth-order valence-corrected chi connectivity index (χ4v) is 12.0. The number of hydrogen-bond donors (Lipinski definition) is 0. The maximum Gasteiger partial charge on any atom is 0.302 e. The molecular formula is C41H64FNO4Si. The summed E-state index contributed by atoms with van der Waals surface area (Å²) in [6.07, 6.45) is 10.2. The molecule has 7 heteroatoms. The summed E-state index contributed by atoms with van der Waals surface area (Å²) in [6, 6.07) is 7.57. The average Bonchev–Trinajstić information content (AvgIpc) is 3.28. The highest BCUT2D eigenvalue weighted by Crippen LogP contribution is 2.72. The van der Waals surface area contributed by atoms with Crippen LogP contribution in [0.25, 0.3) is 0 Å². The Kier molecular flexibility index (Phi) is 10.6. The lowest BCUT2D eigenvalue weighted by Gasteiger charge is -2.62. The molecule has 0 bridgehead atoms. The molecule has 1 aromatic carbocycles. The molecule has 2 saturated carbocycles. The zero-order valence-corrected chi connectivity index (χ0v) is 32.8. The molecule has 0 aromatic heterocycles. The first kappa shape index (κ1) is 37.3. The molecule has 1 aromatic rings. The number of nitrogens with zero attached hydrogens (tertiary/aromatic N) is 1. The molecule has 4 aliphatic rings. The summed E-state index contributed by atoms with van der Waals surface area (Å²) in [5.41, 5.74) is 4.24. The van der Waals surface area contributed by atoms with Gasteiger partial charge < -0.3 is 9.47 Å². The van der Waals surface area contributed by atoms with Crippen molar-refractivity contribution in [3.63, 3.8) is 0 Å². The summed E-state index contributed by atoms with van der Waals surface area (Å²) in [5, 5.41) is 0. The van der Waals surface area contributed by atoms with Crippen LogP contribution >= 0.6 is 0 Å². The van der Waals surface area contributed by atoms with Crippen LogP contribution in [0.1, 0.15) is 113 Å². The summed E-state index contributed by atoms with van der Waals surface area (Å²) in [7, 11) is -1.28. The van der Waals surface area contributed by atoms with Gasteiger partial charge in [0.25, 0.3) is 0 Å². The van der Waals surface area contributed by atoms with Crippen molar-refractivity contribution in [2.75, 3.05) is 18.2 Å². The van der Waals surface area contributed by atoms with E-state index in [0.717, 1.165) is 44.6 Å². The topological polar surface area (TPSA) is 55.8 Å². The Morgan fingerprint density at radius 3 is 2.35 bits per heavy atom. The van der Waals surface area contributed by atoms with Crippen LogP contribution < -0.4 is 4.90 Å². The molecule has 0 radical (unpaired) electrons. The second-order valence-corrected chi connectivity index (χ2v) is 24.1. The van der Waals surface area contributed by atoms with Gasteiger partial charge in [0, 0.05) is 33.4 Å². The van der Waals surface area contributed by atoms with Crippen LogP contribution in [0.3, 0.4) is 0 Å². The van der Waals surface area contributed by atoms with Gasteiger partial charge in [-0.2, -0.15) is 0 Å². The Bertz CT molecular complexity index is 1400. The van der Waals surface area contributed by atoms with Crippen LogP contribution in [-0.4, -0.2) is 39.4 Å².